The maximum absolute atomic E-state index is 10.7. The van der Waals surface area contributed by atoms with E-state index >= 15 is 0 Å². The van der Waals surface area contributed by atoms with Crippen LogP contribution >= 0.6 is 0 Å². The molecule has 4 nitrogen and oxygen atoms in total. The number of hydrogen-bond donors (Lipinski definition) is 2. The summed E-state index contributed by atoms with van der Waals surface area (Å²) < 4.78 is 4.44. The van der Waals surface area contributed by atoms with Crippen LogP contribution in [0.2, 0.25) is 0 Å². The zero-order valence-electron chi connectivity index (χ0n) is 7.73. The van der Waals surface area contributed by atoms with Gasteiger partial charge >= 0.3 is 5.97 Å². The Morgan fingerprint density at radius 2 is 2.07 bits per heavy atom. The fraction of sp³-hybridized carbons (Fsp3) is 0.100. The molecule has 1 aromatic carbocycles. The Morgan fingerprint density at radius 3 is 2.57 bits per heavy atom. The molecule has 74 valence electrons. The number of esters is 1. The minimum atomic E-state index is -0.394. The highest BCUT2D eigenvalue weighted by Gasteiger charge is 1.92. The van der Waals surface area contributed by atoms with Crippen LogP contribution in [-0.2, 0) is 9.53 Å². The zero-order valence-corrected chi connectivity index (χ0v) is 7.73. The highest BCUT2D eigenvalue weighted by molar-refractivity contribution is 5.86. The van der Waals surface area contributed by atoms with Gasteiger partial charge in [0.25, 0.3) is 0 Å². The summed E-state index contributed by atoms with van der Waals surface area (Å²) in [6.45, 7) is 0. The van der Waals surface area contributed by atoms with Crippen molar-refractivity contribution in [3.63, 3.8) is 0 Å². The van der Waals surface area contributed by atoms with Gasteiger partial charge in [-0.2, -0.15) is 0 Å². The lowest BCUT2D eigenvalue weighted by Gasteiger charge is -1.98. The topological polar surface area (TPSA) is 58.6 Å². The largest absolute Gasteiger partial charge is 0.466 e. The standard InChI is InChI=1S/C10H11NO3/c1-14-10(12)7-4-8-2-5-9(11-13)6-3-8/h2-7,11,13H,1H3/b7-4+. The molecule has 0 amide bonds. The lowest BCUT2D eigenvalue weighted by Crippen LogP contribution is -1.93. The fourth-order valence-electron chi connectivity index (χ4n) is 0.901. The minimum absolute atomic E-state index is 0.394. The molecule has 0 bridgehead atoms. The first-order chi connectivity index (χ1) is 6.76. The molecule has 0 aliphatic heterocycles. The van der Waals surface area contributed by atoms with Crippen molar-refractivity contribution < 1.29 is 14.7 Å². The number of anilines is 1. The molecule has 0 saturated heterocycles. The predicted octanol–water partition coefficient (Wildman–Crippen LogP) is 1.67. The van der Waals surface area contributed by atoms with Gasteiger partial charge in [0.2, 0.25) is 0 Å². The summed E-state index contributed by atoms with van der Waals surface area (Å²) in [6, 6.07) is 6.91. The Kier molecular flexibility index (Phi) is 3.69. The van der Waals surface area contributed by atoms with Crippen molar-refractivity contribution in [2.24, 2.45) is 0 Å². The molecule has 0 fully saturated rings. The lowest BCUT2D eigenvalue weighted by atomic mass is 10.2. The second kappa shape index (κ2) is 5.04. The van der Waals surface area contributed by atoms with E-state index in [1.807, 2.05) is 5.48 Å². The zero-order chi connectivity index (χ0) is 10.4. The molecule has 0 aliphatic carbocycles. The van der Waals surface area contributed by atoms with Crippen LogP contribution in [0.1, 0.15) is 5.56 Å². The summed E-state index contributed by atoms with van der Waals surface area (Å²) in [7, 11) is 1.32. The van der Waals surface area contributed by atoms with Gasteiger partial charge < -0.3 is 4.74 Å². The molecule has 0 radical (unpaired) electrons. The number of hydrogen-bond acceptors (Lipinski definition) is 4. The Hall–Kier alpha value is -1.81. The SMILES string of the molecule is COC(=O)/C=C/c1ccc(NO)cc1. The highest BCUT2D eigenvalue weighted by atomic mass is 16.5. The fourth-order valence-corrected chi connectivity index (χ4v) is 0.901. The molecule has 0 aromatic heterocycles. The first-order valence-corrected chi connectivity index (χ1v) is 4.02. The van der Waals surface area contributed by atoms with Crippen molar-refractivity contribution in [1.29, 1.82) is 0 Å². The quantitative estimate of drug-likeness (QED) is 0.435. The van der Waals surface area contributed by atoms with Gasteiger partial charge in [0.15, 0.2) is 0 Å². The summed E-state index contributed by atoms with van der Waals surface area (Å²) in [6.07, 6.45) is 2.97. The predicted molar refractivity (Wildman–Crippen MR) is 52.9 cm³/mol. The molecule has 14 heavy (non-hydrogen) atoms. The van der Waals surface area contributed by atoms with Crippen LogP contribution in [-0.4, -0.2) is 18.3 Å². The van der Waals surface area contributed by atoms with Crippen LogP contribution in [0.15, 0.2) is 30.3 Å². The lowest BCUT2D eigenvalue weighted by molar-refractivity contribution is -0.134. The number of nitrogens with one attached hydrogen (secondary N) is 1. The van der Waals surface area contributed by atoms with Crippen molar-refractivity contribution in [3.05, 3.63) is 35.9 Å². The third-order valence-corrected chi connectivity index (χ3v) is 1.65. The van der Waals surface area contributed by atoms with E-state index in [1.54, 1.807) is 30.3 Å². The maximum atomic E-state index is 10.7. The number of benzene rings is 1. The second-order valence-corrected chi connectivity index (χ2v) is 2.59. The third-order valence-electron chi connectivity index (χ3n) is 1.65. The van der Waals surface area contributed by atoms with E-state index in [0.29, 0.717) is 5.69 Å². The molecule has 1 rings (SSSR count). The van der Waals surface area contributed by atoms with Gasteiger partial charge in [-0.1, -0.05) is 12.1 Å². The van der Waals surface area contributed by atoms with E-state index in [0.717, 1.165) is 5.56 Å². The first kappa shape index (κ1) is 10.3. The van der Waals surface area contributed by atoms with Crippen LogP contribution in [0.4, 0.5) is 5.69 Å². The Balaban J connectivity index is 2.68. The van der Waals surface area contributed by atoms with Gasteiger partial charge in [-0.15, -0.1) is 0 Å². The van der Waals surface area contributed by atoms with Gasteiger partial charge in [0, 0.05) is 6.08 Å². The van der Waals surface area contributed by atoms with Crippen LogP contribution in [0.3, 0.4) is 0 Å². The Bertz CT molecular complexity index is 330. The van der Waals surface area contributed by atoms with E-state index in [1.165, 1.54) is 13.2 Å². The van der Waals surface area contributed by atoms with Gasteiger partial charge in [-0.25, -0.2) is 4.79 Å². The third kappa shape index (κ3) is 2.91. The first-order valence-electron chi connectivity index (χ1n) is 4.02. The normalized spacial score (nSPS) is 10.1. The van der Waals surface area contributed by atoms with Gasteiger partial charge in [-0.3, -0.25) is 10.7 Å². The molecule has 0 spiro atoms. The molecule has 1 aromatic rings. The number of methoxy groups -OCH3 is 1. The summed E-state index contributed by atoms with van der Waals surface area (Å²) in [4.78, 5) is 10.7. The van der Waals surface area contributed by atoms with Crippen LogP contribution in [0.5, 0.6) is 0 Å². The average Bonchev–Trinajstić information content (AvgIpc) is 2.26. The molecule has 0 atom stereocenters. The molecule has 0 unspecified atom stereocenters. The van der Waals surface area contributed by atoms with E-state index in [4.69, 9.17) is 5.21 Å². The molecule has 2 N–H and O–H groups in total. The molecular weight excluding hydrogens is 182 g/mol. The summed E-state index contributed by atoms with van der Waals surface area (Å²) >= 11 is 0. The molecule has 0 saturated carbocycles. The Morgan fingerprint density at radius 1 is 1.43 bits per heavy atom. The average molecular weight is 193 g/mol. The van der Waals surface area contributed by atoms with E-state index in [2.05, 4.69) is 4.74 Å². The second-order valence-electron chi connectivity index (χ2n) is 2.59. The van der Waals surface area contributed by atoms with Crippen molar-refractivity contribution in [1.82, 2.24) is 0 Å². The van der Waals surface area contributed by atoms with Crippen LogP contribution in [0.25, 0.3) is 6.08 Å². The molecule has 0 aliphatic rings. The number of ether oxygens (including phenoxy) is 1. The van der Waals surface area contributed by atoms with Gasteiger partial charge in [0.05, 0.1) is 12.8 Å². The highest BCUT2D eigenvalue weighted by Crippen LogP contribution is 2.09. The van der Waals surface area contributed by atoms with Crippen molar-refractivity contribution in [2.45, 2.75) is 0 Å². The summed E-state index contributed by atoms with van der Waals surface area (Å²) in [5.41, 5.74) is 3.47. The van der Waals surface area contributed by atoms with Gasteiger partial charge in [-0.05, 0) is 23.8 Å². The van der Waals surface area contributed by atoms with Crippen molar-refractivity contribution in [3.8, 4) is 0 Å². The van der Waals surface area contributed by atoms with E-state index < -0.39 is 5.97 Å². The summed E-state index contributed by atoms with van der Waals surface area (Å²) in [5.74, 6) is -0.394. The van der Waals surface area contributed by atoms with E-state index in [-0.39, 0.29) is 0 Å². The minimum Gasteiger partial charge on any atom is -0.466 e. The van der Waals surface area contributed by atoms with Crippen LogP contribution in [0, 0.1) is 0 Å². The molecular formula is C10H11NO3. The number of carbonyl (C=O) groups is 1. The number of carbonyl (C=O) groups excluding carboxylic acids is 1. The molecule has 4 heteroatoms. The number of rotatable bonds is 3. The smallest absolute Gasteiger partial charge is 0.330 e. The Labute approximate surface area is 81.8 Å². The summed E-state index contributed by atoms with van der Waals surface area (Å²) in [5, 5.41) is 8.54. The monoisotopic (exact) mass is 193 g/mol. The molecule has 0 heterocycles. The van der Waals surface area contributed by atoms with Crippen LogP contribution < -0.4 is 5.48 Å². The van der Waals surface area contributed by atoms with Crippen molar-refractivity contribution >= 4 is 17.7 Å². The van der Waals surface area contributed by atoms with Gasteiger partial charge in [0.1, 0.15) is 0 Å². The van der Waals surface area contributed by atoms with Crippen molar-refractivity contribution in [2.75, 3.05) is 12.6 Å². The maximum Gasteiger partial charge on any atom is 0.330 e. The van der Waals surface area contributed by atoms with E-state index in [9.17, 15) is 4.79 Å².